The number of ketones is 1. The molecule has 24 heavy (non-hydrogen) atoms. The maximum atomic E-state index is 12.8. The van der Waals surface area contributed by atoms with Crippen LogP contribution in [-0.2, 0) is 4.74 Å². The highest BCUT2D eigenvalue weighted by Gasteiger charge is 2.26. The Kier molecular flexibility index (Phi) is 6.01. The van der Waals surface area contributed by atoms with Crippen molar-refractivity contribution in [2.45, 2.75) is 30.9 Å². The van der Waals surface area contributed by atoms with Crippen LogP contribution in [0.5, 0.6) is 0 Å². The fraction of sp³-hybridized carbons (Fsp3) is 0.294. The van der Waals surface area contributed by atoms with Crippen molar-refractivity contribution in [3.8, 4) is 0 Å². The Balaban J connectivity index is 2.31. The third-order valence-corrected chi connectivity index (χ3v) is 5.75. The van der Waals surface area contributed by atoms with Gasteiger partial charge in [-0.3, -0.25) is 4.79 Å². The van der Waals surface area contributed by atoms with Gasteiger partial charge in [0.25, 0.3) is 0 Å². The maximum absolute atomic E-state index is 12.8. The van der Waals surface area contributed by atoms with Crippen LogP contribution in [0.25, 0.3) is 0 Å². The maximum Gasteiger partial charge on any atom is 0.339 e. The standard InChI is InChI=1S/C17H17Cl2NO3S/c1-8-13(17(22)23-4)9(2)20-14(8)15(21)10(3)24-16-11(18)6-5-7-12(16)19/h5-7,10,20H,1-4H3/t10-/m1/s1. The molecule has 0 aliphatic heterocycles. The smallest absolute Gasteiger partial charge is 0.339 e. The Labute approximate surface area is 154 Å². The van der Waals surface area contributed by atoms with Crippen molar-refractivity contribution in [3.05, 3.63) is 50.8 Å². The SMILES string of the molecule is COC(=O)c1c(C)[nH]c(C(=O)[C@@H](C)Sc2c(Cl)cccc2Cl)c1C. The summed E-state index contributed by atoms with van der Waals surface area (Å²) in [4.78, 5) is 28.3. The summed E-state index contributed by atoms with van der Waals surface area (Å²) in [7, 11) is 1.31. The Morgan fingerprint density at radius 2 is 1.79 bits per heavy atom. The lowest BCUT2D eigenvalue weighted by Crippen LogP contribution is -2.15. The summed E-state index contributed by atoms with van der Waals surface area (Å²) in [5, 5.41) is 0.577. The van der Waals surface area contributed by atoms with Crippen LogP contribution < -0.4 is 0 Å². The fourth-order valence-electron chi connectivity index (χ4n) is 2.43. The highest BCUT2D eigenvalue weighted by atomic mass is 35.5. The molecule has 0 saturated heterocycles. The van der Waals surface area contributed by atoms with Crippen molar-refractivity contribution >= 4 is 46.7 Å². The normalized spacial score (nSPS) is 12.1. The minimum Gasteiger partial charge on any atom is -0.465 e. The molecule has 0 aliphatic carbocycles. The number of hydrogen-bond donors (Lipinski definition) is 1. The monoisotopic (exact) mass is 385 g/mol. The molecular weight excluding hydrogens is 369 g/mol. The van der Waals surface area contributed by atoms with Crippen LogP contribution in [0.15, 0.2) is 23.1 Å². The third-order valence-electron chi connectivity index (χ3n) is 3.66. The van der Waals surface area contributed by atoms with Gasteiger partial charge >= 0.3 is 5.97 Å². The average Bonchev–Trinajstić information content (AvgIpc) is 2.84. The van der Waals surface area contributed by atoms with Gasteiger partial charge in [0, 0.05) is 10.6 Å². The number of Topliss-reactive ketones (excluding diaryl/α,β-unsaturated/α-hetero) is 1. The number of ether oxygens (including phenoxy) is 1. The van der Waals surface area contributed by atoms with Crippen LogP contribution in [-0.4, -0.2) is 29.1 Å². The zero-order chi connectivity index (χ0) is 18.0. The zero-order valence-corrected chi connectivity index (χ0v) is 16.0. The molecule has 0 unspecified atom stereocenters. The predicted octanol–water partition coefficient (Wildman–Crippen LogP) is 5.09. The zero-order valence-electron chi connectivity index (χ0n) is 13.7. The molecule has 0 saturated carbocycles. The first-order valence-corrected chi connectivity index (χ1v) is 8.83. The first-order valence-electron chi connectivity index (χ1n) is 7.20. The van der Waals surface area contributed by atoms with E-state index in [-0.39, 0.29) is 5.78 Å². The van der Waals surface area contributed by atoms with Crippen LogP contribution in [0.1, 0.15) is 39.0 Å². The van der Waals surface area contributed by atoms with Gasteiger partial charge in [0.05, 0.1) is 33.7 Å². The molecule has 1 aromatic heterocycles. The number of methoxy groups -OCH3 is 1. The summed E-state index contributed by atoms with van der Waals surface area (Å²) in [6.07, 6.45) is 0. The highest BCUT2D eigenvalue weighted by Crippen LogP contribution is 2.37. The molecular formula is C17H17Cl2NO3S. The Morgan fingerprint density at radius 1 is 1.21 bits per heavy atom. The van der Waals surface area contributed by atoms with Gasteiger partial charge in [-0.05, 0) is 38.5 Å². The van der Waals surface area contributed by atoms with E-state index in [2.05, 4.69) is 4.98 Å². The molecule has 1 heterocycles. The molecule has 0 amide bonds. The van der Waals surface area contributed by atoms with Crippen LogP contribution in [0.4, 0.5) is 0 Å². The van der Waals surface area contributed by atoms with Crippen molar-refractivity contribution < 1.29 is 14.3 Å². The fourth-order valence-corrected chi connectivity index (χ4v) is 4.04. The summed E-state index contributed by atoms with van der Waals surface area (Å²) >= 11 is 13.6. The summed E-state index contributed by atoms with van der Waals surface area (Å²) in [6, 6.07) is 5.21. The second kappa shape index (κ2) is 7.64. The number of aromatic nitrogens is 1. The highest BCUT2D eigenvalue weighted by molar-refractivity contribution is 8.00. The predicted molar refractivity (Wildman–Crippen MR) is 97.7 cm³/mol. The number of H-pyrrole nitrogens is 1. The van der Waals surface area contributed by atoms with E-state index in [4.69, 9.17) is 27.9 Å². The molecule has 1 N–H and O–H groups in total. The van der Waals surface area contributed by atoms with E-state index < -0.39 is 11.2 Å². The Hall–Kier alpha value is -1.43. The molecule has 128 valence electrons. The van der Waals surface area contributed by atoms with Crippen molar-refractivity contribution in [2.75, 3.05) is 7.11 Å². The Morgan fingerprint density at radius 3 is 2.33 bits per heavy atom. The van der Waals surface area contributed by atoms with E-state index in [1.165, 1.54) is 18.9 Å². The summed E-state index contributed by atoms with van der Waals surface area (Å²) in [5.41, 5.74) is 1.99. The molecule has 0 fully saturated rings. The van der Waals surface area contributed by atoms with Crippen molar-refractivity contribution in [2.24, 2.45) is 0 Å². The summed E-state index contributed by atoms with van der Waals surface area (Å²) in [6.45, 7) is 5.24. The first kappa shape index (κ1) is 18.9. The lowest BCUT2D eigenvalue weighted by molar-refractivity contribution is 0.0599. The molecule has 1 aromatic carbocycles. The molecule has 7 heteroatoms. The number of rotatable bonds is 5. The summed E-state index contributed by atoms with van der Waals surface area (Å²) in [5.74, 6) is -0.596. The third kappa shape index (κ3) is 3.63. The van der Waals surface area contributed by atoms with E-state index in [1.807, 2.05) is 0 Å². The van der Waals surface area contributed by atoms with Gasteiger partial charge in [0.1, 0.15) is 0 Å². The molecule has 0 radical (unpaired) electrons. The number of aromatic amines is 1. The summed E-state index contributed by atoms with van der Waals surface area (Å²) < 4.78 is 4.77. The number of carbonyl (C=O) groups is 2. The van der Waals surface area contributed by atoms with Crippen LogP contribution in [0, 0.1) is 13.8 Å². The number of aryl methyl sites for hydroxylation is 1. The molecule has 0 spiro atoms. The van der Waals surface area contributed by atoms with Crippen LogP contribution >= 0.6 is 35.0 Å². The second-order valence-corrected chi connectivity index (χ2v) is 7.46. The van der Waals surface area contributed by atoms with Crippen LogP contribution in [0.3, 0.4) is 0 Å². The number of hydrogen-bond acceptors (Lipinski definition) is 4. The molecule has 2 rings (SSSR count). The number of esters is 1. The molecule has 1 atom stereocenters. The van der Waals surface area contributed by atoms with E-state index in [0.717, 1.165) is 0 Å². The molecule has 0 aliphatic rings. The van der Waals surface area contributed by atoms with Crippen molar-refractivity contribution in [1.29, 1.82) is 0 Å². The Bertz CT molecular complexity index is 781. The minimum absolute atomic E-state index is 0.133. The van der Waals surface area contributed by atoms with E-state index in [1.54, 1.807) is 39.0 Å². The average molecular weight is 386 g/mol. The van der Waals surface area contributed by atoms with Gasteiger partial charge in [-0.2, -0.15) is 0 Å². The topological polar surface area (TPSA) is 59.2 Å². The van der Waals surface area contributed by atoms with Gasteiger partial charge < -0.3 is 9.72 Å². The van der Waals surface area contributed by atoms with Gasteiger partial charge in [0.15, 0.2) is 5.78 Å². The number of carbonyl (C=O) groups excluding carboxylic acids is 2. The van der Waals surface area contributed by atoms with E-state index in [0.29, 0.717) is 37.5 Å². The number of benzene rings is 1. The number of halogens is 2. The van der Waals surface area contributed by atoms with Crippen molar-refractivity contribution in [1.82, 2.24) is 4.98 Å². The first-order chi connectivity index (χ1) is 11.3. The van der Waals surface area contributed by atoms with Crippen molar-refractivity contribution in [3.63, 3.8) is 0 Å². The molecule has 4 nitrogen and oxygen atoms in total. The van der Waals surface area contributed by atoms with E-state index >= 15 is 0 Å². The van der Waals surface area contributed by atoms with Crippen LogP contribution in [0.2, 0.25) is 10.0 Å². The van der Waals surface area contributed by atoms with Gasteiger partial charge in [0.2, 0.25) is 0 Å². The van der Waals surface area contributed by atoms with Gasteiger partial charge in [-0.25, -0.2) is 4.79 Å². The lowest BCUT2D eigenvalue weighted by Gasteiger charge is -2.12. The van der Waals surface area contributed by atoms with Gasteiger partial charge in [-0.15, -0.1) is 11.8 Å². The van der Waals surface area contributed by atoms with Gasteiger partial charge in [-0.1, -0.05) is 29.3 Å². The lowest BCUT2D eigenvalue weighted by atomic mass is 10.1. The minimum atomic E-state index is -0.463. The largest absolute Gasteiger partial charge is 0.465 e. The van der Waals surface area contributed by atoms with E-state index in [9.17, 15) is 9.59 Å². The second-order valence-electron chi connectivity index (χ2n) is 5.29. The molecule has 2 aromatic rings. The molecule has 0 bridgehead atoms. The number of thioether (sulfide) groups is 1. The quantitative estimate of drug-likeness (QED) is 0.442. The number of nitrogens with one attached hydrogen (secondary N) is 1.